The van der Waals surface area contributed by atoms with Crippen molar-refractivity contribution in [2.45, 2.75) is 13.1 Å². The van der Waals surface area contributed by atoms with Crippen LogP contribution >= 0.6 is 11.6 Å². The molecule has 0 bridgehead atoms. The van der Waals surface area contributed by atoms with Gasteiger partial charge in [-0.3, -0.25) is 14.6 Å². The van der Waals surface area contributed by atoms with E-state index in [0.717, 1.165) is 18.2 Å². The highest BCUT2D eigenvalue weighted by molar-refractivity contribution is 6.33. The highest BCUT2D eigenvalue weighted by atomic mass is 35.5. The molecule has 0 fully saturated rings. The van der Waals surface area contributed by atoms with Gasteiger partial charge < -0.3 is 15.5 Å². The average molecular weight is 505 g/mol. The summed E-state index contributed by atoms with van der Waals surface area (Å²) >= 11 is 6.18. The SMILES string of the molecule is CNC(=O)c1cc(C=NOC)cc(C)c1NC(=O)c1ccc(C(F)(F)F)cc1-c1ncccc1Cl. The van der Waals surface area contributed by atoms with Gasteiger partial charge in [0.1, 0.15) is 7.11 Å². The Bertz CT molecular complexity index is 1310. The van der Waals surface area contributed by atoms with Crippen LogP contribution in [0.4, 0.5) is 18.9 Å². The van der Waals surface area contributed by atoms with E-state index in [4.69, 9.17) is 11.6 Å². The van der Waals surface area contributed by atoms with Crippen LogP contribution in [0, 0.1) is 6.92 Å². The first-order chi connectivity index (χ1) is 16.6. The molecular weight excluding hydrogens is 485 g/mol. The summed E-state index contributed by atoms with van der Waals surface area (Å²) < 4.78 is 40.2. The van der Waals surface area contributed by atoms with Crippen molar-refractivity contribution in [1.29, 1.82) is 0 Å². The number of pyridine rings is 1. The number of hydrogen-bond donors (Lipinski definition) is 2. The molecule has 2 aromatic carbocycles. The van der Waals surface area contributed by atoms with Gasteiger partial charge >= 0.3 is 6.18 Å². The Balaban J connectivity index is 2.13. The van der Waals surface area contributed by atoms with Crippen molar-refractivity contribution < 1.29 is 27.6 Å². The van der Waals surface area contributed by atoms with Crippen LogP contribution in [-0.2, 0) is 11.0 Å². The summed E-state index contributed by atoms with van der Waals surface area (Å²) in [6.45, 7) is 1.66. The third-order valence-electron chi connectivity index (χ3n) is 4.98. The first kappa shape index (κ1) is 25.7. The van der Waals surface area contributed by atoms with E-state index in [9.17, 15) is 22.8 Å². The number of oxime groups is 1. The lowest BCUT2D eigenvalue weighted by Gasteiger charge is -2.17. The largest absolute Gasteiger partial charge is 0.416 e. The number of aromatic nitrogens is 1. The lowest BCUT2D eigenvalue weighted by molar-refractivity contribution is -0.137. The fraction of sp³-hybridized carbons (Fsp3) is 0.167. The Kier molecular flexibility index (Phi) is 7.75. The van der Waals surface area contributed by atoms with Gasteiger partial charge in [-0.2, -0.15) is 13.2 Å². The zero-order valence-electron chi connectivity index (χ0n) is 18.8. The van der Waals surface area contributed by atoms with Crippen LogP contribution < -0.4 is 10.6 Å². The second-order valence-electron chi connectivity index (χ2n) is 7.30. The van der Waals surface area contributed by atoms with E-state index >= 15 is 0 Å². The van der Waals surface area contributed by atoms with Crippen molar-refractivity contribution >= 4 is 35.3 Å². The second kappa shape index (κ2) is 10.6. The molecule has 1 aromatic heterocycles. The zero-order valence-corrected chi connectivity index (χ0v) is 19.6. The van der Waals surface area contributed by atoms with Gasteiger partial charge in [-0.25, -0.2) is 0 Å². The standard InChI is InChI=1S/C24H20ClF3N4O3/c1-13-9-14(12-31-35-3)10-18(22(33)29-2)20(13)32-23(34)16-7-6-15(24(26,27)28)11-17(16)21-19(25)5-4-8-30-21/h4-12H,1-3H3,(H,29,33)(H,32,34). The number of benzene rings is 2. The molecule has 0 saturated carbocycles. The molecule has 0 atom stereocenters. The maximum Gasteiger partial charge on any atom is 0.416 e. The number of nitrogens with one attached hydrogen (secondary N) is 2. The van der Waals surface area contributed by atoms with Gasteiger partial charge in [-0.05, 0) is 60.5 Å². The topological polar surface area (TPSA) is 92.7 Å². The highest BCUT2D eigenvalue weighted by Gasteiger charge is 2.32. The maximum atomic E-state index is 13.4. The van der Waals surface area contributed by atoms with Gasteiger partial charge in [0, 0.05) is 24.4 Å². The number of halogens is 4. The van der Waals surface area contributed by atoms with E-state index < -0.39 is 23.6 Å². The van der Waals surface area contributed by atoms with E-state index in [-0.39, 0.29) is 33.1 Å². The number of carbonyl (C=O) groups excluding carboxylic acids is 2. The van der Waals surface area contributed by atoms with Gasteiger partial charge in [0.25, 0.3) is 11.8 Å². The summed E-state index contributed by atoms with van der Waals surface area (Å²) in [5.74, 6) is -1.24. The number of nitrogens with zero attached hydrogens (tertiary/aromatic N) is 2. The van der Waals surface area contributed by atoms with Gasteiger partial charge in [-0.15, -0.1) is 0 Å². The van der Waals surface area contributed by atoms with Crippen LogP contribution in [0.5, 0.6) is 0 Å². The van der Waals surface area contributed by atoms with Gasteiger partial charge in [0.2, 0.25) is 0 Å². The number of rotatable bonds is 6. The van der Waals surface area contributed by atoms with Crippen molar-refractivity contribution in [1.82, 2.24) is 10.3 Å². The third-order valence-corrected chi connectivity index (χ3v) is 5.29. The maximum absolute atomic E-state index is 13.4. The molecule has 0 aliphatic heterocycles. The van der Waals surface area contributed by atoms with E-state index in [2.05, 4.69) is 25.6 Å². The molecule has 2 N–H and O–H groups in total. The van der Waals surface area contributed by atoms with Gasteiger partial charge in [0.15, 0.2) is 0 Å². The van der Waals surface area contributed by atoms with Gasteiger partial charge in [-0.1, -0.05) is 16.8 Å². The first-order valence-corrected chi connectivity index (χ1v) is 10.5. The Morgan fingerprint density at radius 3 is 2.49 bits per heavy atom. The van der Waals surface area contributed by atoms with Crippen LogP contribution in [-0.4, -0.2) is 37.2 Å². The molecule has 35 heavy (non-hydrogen) atoms. The molecule has 2 amide bonds. The van der Waals surface area contributed by atoms with Crippen molar-refractivity contribution in [2.75, 3.05) is 19.5 Å². The van der Waals surface area contributed by atoms with Crippen LogP contribution in [0.25, 0.3) is 11.3 Å². The van der Waals surface area contributed by atoms with E-state index in [0.29, 0.717) is 11.1 Å². The molecular formula is C24H20ClF3N4O3. The summed E-state index contributed by atoms with van der Waals surface area (Å²) in [6.07, 6.45) is -1.90. The Hall–Kier alpha value is -3.92. The van der Waals surface area contributed by atoms with Crippen LogP contribution in [0.15, 0.2) is 53.8 Å². The van der Waals surface area contributed by atoms with E-state index in [1.807, 2.05) is 0 Å². The van der Waals surface area contributed by atoms with Crippen molar-refractivity contribution in [3.05, 3.63) is 81.5 Å². The smallest absolute Gasteiger partial charge is 0.399 e. The van der Waals surface area contributed by atoms with Crippen molar-refractivity contribution in [2.24, 2.45) is 5.16 Å². The second-order valence-corrected chi connectivity index (χ2v) is 7.71. The first-order valence-electron chi connectivity index (χ1n) is 10.1. The molecule has 0 saturated heterocycles. The molecule has 3 aromatic rings. The normalized spacial score (nSPS) is 11.4. The lowest BCUT2D eigenvalue weighted by Crippen LogP contribution is -2.23. The molecule has 0 unspecified atom stereocenters. The molecule has 0 aliphatic rings. The molecule has 11 heteroatoms. The number of anilines is 1. The van der Waals surface area contributed by atoms with Crippen LogP contribution in [0.2, 0.25) is 5.02 Å². The summed E-state index contributed by atoms with van der Waals surface area (Å²) in [5, 5.41) is 8.90. The quantitative estimate of drug-likeness (QED) is 0.351. The van der Waals surface area contributed by atoms with Crippen LogP contribution in [0.1, 0.15) is 37.4 Å². The summed E-state index contributed by atoms with van der Waals surface area (Å²) in [5.41, 5.74) is 0.203. The minimum atomic E-state index is -4.65. The fourth-order valence-corrected chi connectivity index (χ4v) is 3.59. The molecule has 0 radical (unpaired) electrons. The average Bonchev–Trinajstić information content (AvgIpc) is 2.82. The molecule has 7 nitrogen and oxygen atoms in total. The predicted octanol–water partition coefficient (Wildman–Crippen LogP) is 5.32. The molecule has 3 rings (SSSR count). The summed E-state index contributed by atoms with van der Waals surface area (Å²) in [4.78, 5) is 34.6. The summed E-state index contributed by atoms with van der Waals surface area (Å²) in [7, 11) is 2.79. The molecule has 0 aliphatic carbocycles. The predicted molar refractivity (Wildman–Crippen MR) is 127 cm³/mol. The van der Waals surface area contributed by atoms with Crippen molar-refractivity contribution in [3.63, 3.8) is 0 Å². The lowest BCUT2D eigenvalue weighted by atomic mass is 9.98. The zero-order chi connectivity index (χ0) is 25.8. The number of aryl methyl sites for hydroxylation is 1. The minimum absolute atomic E-state index is 0.0137. The van der Waals surface area contributed by atoms with Crippen LogP contribution in [0.3, 0.4) is 0 Å². The summed E-state index contributed by atoms with van der Waals surface area (Å²) in [6, 6.07) is 8.80. The number of carbonyl (C=O) groups is 2. The Morgan fingerprint density at radius 1 is 1.11 bits per heavy atom. The van der Waals surface area contributed by atoms with Gasteiger partial charge in [0.05, 0.1) is 33.7 Å². The molecule has 182 valence electrons. The monoisotopic (exact) mass is 504 g/mol. The number of alkyl halides is 3. The number of hydrogen-bond acceptors (Lipinski definition) is 5. The Morgan fingerprint density at radius 2 is 1.86 bits per heavy atom. The fourth-order valence-electron chi connectivity index (χ4n) is 3.36. The van der Waals surface area contributed by atoms with Crippen molar-refractivity contribution in [3.8, 4) is 11.3 Å². The Labute approximate surface area is 204 Å². The molecule has 0 spiro atoms. The van der Waals surface area contributed by atoms with E-state index in [1.54, 1.807) is 13.0 Å². The minimum Gasteiger partial charge on any atom is -0.399 e. The highest BCUT2D eigenvalue weighted by Crippen LogP contribution is 2.36. The third kappa shape index (κ3) is 5.78. The van der Waals surface area contributed by atoms with E-state index in [1.165, 1.54) is 44.8 Å². The molecule has 1 heterocycles. The number of amides is 2.